The zero-order valence-corrected chi connectivity index (χ0v) is 47.1. The van der Waals surface area contributed by atoms with E-state index in [-0.39, 0.29) is 12.8 Å². The molecule has 9 unspecified atom stereocenters. The first-order chi connectivity index (χ1) is 35.7. The second-order valence-corrected chi connectivity index (χ2v) is 21.8. The lowest BCUT2D eigenvalue weighted by Crippen LogP contribution is -2.60. The Labute approximate surface area is 447 Å². The third-order valence-corrected chi connectivity index (χ3v) is 14.9. The Bertz CT molecular complexity index is 1280. The summed E-state index contributed by atoms with van der Waals surface area (Å²) in [5.74, 6) is -0.708. The highest BCUT2D eigenvalue weighted by molar-refractivity contribution is 5.80. The van der Waals surface area contributed by atoms with Crippen LogP contribution >= 0.6 is 0 Å². The number of aliphatic hydroxyl groups excluding tert-OH is 7. The minimum Gasteiger partial charge on any atom is -0.394 e. The third-order valence-electron chi connectivity index (χ3n) is 14.9. The molecule has 11 nitrogen and oxygen atoms in total. The maximum absolute atomic E-state index is 13.2. The number of hydrogen-bond acceptors (Lipinski definition) is 10. The minimum atomic E-state index is -1.67. The zero-order valence-electron chi connectivity index (χ0n) is 47.1. The number of hydrogen-bond donors (Lipinski definition) is 8. The number of rotatable bonds is 53. The fraction of sp³-hybridized carbons (Fsp3) is 0.887. The predicted octanol–water partition coefficient (Wildman–Crippen LogP) is 13.5. The molecule has 0 bridgehead atoms. The third kappa shape index (κ3) is 39.4. The van der Waals surface area contributed by atoms with Gasteiger partial charge in [-0.15, -0.1) is 0 Å². The normalized spacial score (nSPS) is 20.2. The first kappa shape index (κ1) is 69.3. The van der Waals surface area contributed by atoms with Gasteiger partial charge in [0.1, 0.15) is 36.6 Å². The summed E-state index contributed by atoms with van der Waals surface area (Å²) in [6.07, 6.45) is 52.2. The fourth-order valence-electron chi connectivity index (χ4n) is 9.87. The van der Waals surface area contributed by atoms with Gasteiger partial charge in [-0.2, -0.15) is 0 Å². The molecule has 0 aromatic heterocycles. The number of amides is 1. The Morgan fingerprint density at radius 2 is 0.822 bits per heavy atom. The summed E-state index contributed by atoms with van der Waals surface area (Å²) in [6, 6.07) is -1.19. The summed E-state index contributed by atoms with van der Waals surface area (Å²) >= 11 is 0. The quantitative estimate of drug-likeness (QED) is 0.0215. The number of aliphatic hydroxyl groups is 7. The first-order valence-corrected chi connectivity index (χ1v) is 30.9. The van der Waals surface area contributed by atoms with Crippen LogP contribution in [0.2, 0.25) is 0 Å². The van der Waals surface area contributed by atoms with Crippen LogP contribution in [0.15, 0.2) is 36.5 Å². The molecule has 1 saturated heterocycles. The van der Waals surface area contributed by atoms with E-state index in [1.165, 1.54) is 199 Å². The van der Waals surface area contributed by atoms with Crippen LogP contribution in [0.25, 0.3) is 0 Å². The summed E-state index contributed by atoms with van der Waals surface area (Å²) in [7, 11) is 0. The molecule has 1 fully saturated rings. The Kier molecular flexibility index (Phi) is 48.5. The molecule has 9 atom stereocenters. The van der Waals surface area contributed by atoms with E-state index in [1.807, 2.05) is 0 Å². The van der Waals surface area contributed by atoms with Crippen molar-refractivity contribution in [2.75, 3.05) is 13.2 Å². The fourth-order valence-corrected chi connectivity index (χ4v) is 9.87. The van der Waals surface area contributed by atoms with Crippen molar-refractivity contribution in [1.29, 1.82) is 0 Å². The Morgan fingerprint density at radius 1 is 0.466 bits per heavy atom. The van der Waals surface area contributed by atoms with Gasteiger partial charge in [-0.25, -0.2) is 0 Å². The summed E-state index contributed by atoms with van der Waals surface area (Å²) in [5, 5.41) is 76.1. The van der Waals surface area contributed by atoms with Gasteiger partial charge in [-0.3, -0.25) is 4.79 Å². The van der Waals surface area contributed by atoms with Crippen LogP contribution in [-0.2, 0) is 14.3 Å². The first-order valence-electron chi connectivity index (χ1n) is 30.9. The molecular weight excluding hydrogens is 919 g/mol. The van der Waals surface area contributed by atoms with Crippen LogP contribution < -0.4 is 5.32 Å². The smallest absolute Gasteiger partial charge is 0.249 e. The van der Waals surface area contributed by atoms with E-state index >= 15 is 0 Å². The summed E-state index contributed by atoms with van der Waals surface area (Å²) in [4.78, 5) is 13.2. The molecule has 0 aromatic carbocycles. The summed E-state index contributed by atoms with van der Waals surface area (Å²) in [6.45, 7) is 3.45. The van der Waals surface area contributed by atoms with E-state index in [2.05, 4.69) is 55.6 Å². The Morgan fingerprint density at radius 3 is 1.22 bits per heavy atom. The molecule has 11 heteroatoms. The SMILES string of the molecule is CCCCCCCC/C=C/CC/C=C/CCCC(O)C(O)C(COC1OC(CO)C(O)C(O)C1O)NC(=O)C(O)CCCCCCCCCCCCCCCCC/C=C\CCCCCCCCCCCCCC. The van der Waals surface area contributed by atoms with Crippen LogP contribution in [0.3, 0.4) is 0 Å². The molecule has 430 valence electrons. The molecule has 73 heavy (non-hydrogen) atoms. The molecule has 0 spiro atoms. The van der Waals surface area contributed by atoms with E-state index in [0.717, 1.165) is 38.5 Å². The average molecular weight is 1040 g/mol. The van der Waals surface area contributed by atoms with Crippen LogP contribution in [0.4, 0.5) is 0 Å². The lowest BCUT2D eigenvalue weighted by atomic mass is 9.98. The zero-order chi connectivity index (χ0) is 53.3. The monoisotopic (exact) mass is 1040 g/mol. The minimum absolute atomic E-state index is 0.247. The van der Waals surface area contributed by atoms with Crippen LogP contribution in [0.5, 0.6) is 0 Å². The highest BCUT2D eigenvalue weighted by atomic mass is 16.7. The largest absolute Gasteiger partial charge is 0.394 e. The van der Waals surface area contributed by atoms with Crippen molar-refractivity contribution < 1.29 is 50.0 Å². The topological polar surface area (TPSA) is 189 Å². The van der Waals surface area contributed by atoms with Gasteiger partial charge in [-0.05, 0) is 77.0 Å². The van der Waals surface area contributed by atoms with E-state index in [0.29, 0.717) is 19.3 Å². The number of nitrogens with one attached hydrogen (secondary N) is 1. The lowest BCUT2D eigenvalue weighted by molar-refractivity contribution is -0.303. The van der Waals surface area contributed by atoms with Gasteiger partial charge in [0.15, 0.2) is 6.29 Å². The Hall–Kier alpha value is -1.67. The number of allylic oxidation sites excluding steroid dienone is 6. The second-order valence-electron chi connectivity index (χ2n) is 21.8. The number of ether oxygens (including phenoxy) is 2. The molecule has 1 rings (SSSR count). The van der Waals surface area contributed by atoms with E-state index in [9.17, 15) is 40.5 Å². The standard InChI is InChI=1S/C62H117NO10/c1-3-5-7-9-11-13-15-17-19-20-21-22-23-24-25-26-27-28-29-30-31-32-33-34-36-38-40-42-44-46-48-50-55(66)61(71)63-53(52-72-62-60(70)59(69)58(68)56(51-64)73-62)57(67)54(65)49-47-45-43-41-39-37-35-18-16-14-12-10-8-6-4-2/h18,24-25,35,41,43,53-60,62,64-70H,3-17,19-23,26-34,36-40,42,44-52H2,1-2H3,(H,63,71)/b25-24-,35-18+,43-41+. The second kappa shape index (κ2) is 51.1. The van der Waals surface area contributed by atoms with Gasteiger partial charge in [0.2, 0.25) is 5.91 Å². The molecule has 1 heterocycles. The molecular formula is C62H117NO10. The predicted molar refractivity (Wildman–Crippen MR) is 302 cm³/mol. The Balaban J connectivity index is 2.22. The number of carbonyl (C=O) groups excluding carboxylic acids is 1. The van der Waals surface area contributed by atoms with Gasteiger partial charge in [-0.1, -0.05) is 243 Å². The average Bonchev–Trinajstić information content (AvgIpc) is 3.39. The van der Waals surface area contributed by atoms with Gasteiger partial charge in [0, 0.05) is 0 Å². The van der Waals surface area contributed by atoms with E-state index < -0.39 is 74.2 Å². The molecule has 0 aromatic rings. The van der Waals surface area contributed by atoms with Crippen LogP contribution in [0, 0.1) is 0 Å². The molecule has 0 radical (unpaired) electrons. The molecule has 0 saturated carbocycles. The molecule has 1 amide bonds. The van der Waals surface area contributed by atoms with Crippen molar-refractivity contribution in [3.8, 4) is 0 Å². The van der Waals surface area contributed by atoms with Gasteiger partial charge in [0.25, 0.3) is 0 Å². The molecule has 0 aliphatic carbocycles. The van der Waals surface area contributed by atoms with Crippen molar-refractivity contribution in [2.45, 2.75) is 339 Å². The van der Waals surface area contributed by atoms with E-state index in [1.54, 1.807) is 0 Å². The number of carbonyl (C=O) groups is 1. The summed E-state index contributed by atoms with van der Waals surface area (Å²) in [5.41, 5.74) is 0. The van der Waals surface area contributed by atoms with E-state index in [4.69, 9.17) is 9.47 Å². The van der Waals surface area contributed by atoms with Crippen molar-refractivity contribution in [3.05, 3.63) is 36.5 Å². The molecule has 1 aliphatic rings. The number of unbranched alkanes of at least 4 members (excludes halogenated alkanes) is 35. The van der Waals surface area contributed by atoms with Crippen molar-refractivity contribution in [3.63, 3.8) is 0 Å². The lowest BCUT2D eigenvalue weighted by Gasteiger charge is -2.40. The molecule has 1 aliphatic heterocycles. The highest BCUT2D eigenvalue weighted by Gasteiger charge is 2.44. The highest BCUT2D eigenvalue weighted by Crippen LogP contribution is 2.23. The van der Waals surface area contributed by atoms with Crippen molar-refractivity contribution >= 4 is 5.91 Å². The maximum Gasteiger partial charge on any atom is 0.249 e. The van der Waals surface area contributed by atoms with Crippen LogP contribution in [-0.4, -0.2) is 110 Å². The van der Waals surface area contributed by atoms with Crippen LogP contribution in [0.1, 0.15) is 284 Å². The van der Waals surface area contributed by atoms with Gasteiger partial charge >= 0.3 is 0 Å². The summed E-state index contributed by atoms with van der Waals surface area (Å²) < 4.78 is 11.1. The maximum atomic E-state index is 13.2. The molecule has 8 N–H and O–H groups in total. The van der Waals surface area contributed by atoms with Gasteiger partial charge < -0.3 is 50.5 Å². The van der Waals surface area contributed by atoms with Gasteiger partial charge in [0.05, 0.1) is 25.4 Å². The van der Waals surface area contributed by atoms with Crippen molar-refractivity contribution in [2.24, 2.45) is 0 Å². The van der Waals surface area contributed by atoms with Crippen molar-refractivity contribution in [1.82, 2.24) is 5.32 Å².